The zero-order valence-corrected chi connectivity index (χ0v) is 13.6. The van der Waals surface area contributed by atoms with Gasteiger partial charge >= 0.3 is 5.97 Å². The topological polar surface area (TPSA) is 98.7 Å². The van der Waals surface area contributed by atoms with Gasteiger partial charge in [0, 0.05) is 13.1 Å². The Labute approximate surface area is 139 Å². The Bertz CT molecular complexity index is 764. The summed E-state index contributed by atoms with van der Waals surface area (Å²) in [5.74, 6) is -1.04. The van der Waals surface area contributed by atoms with E-state index in [4.69, 9.17) is 15.0 Å². The van der Waals surface area contributed by atoms with Crippen LogP contribution in [-0.2, 0) is 22.5 Å². The Morgan fingerprint density at radius 1 is 1.33 bits per heavy atom. The quantitative estimate of drug-likeness (QED) is 0.861. The van der Waals surface area contributed by atoms with Crippen molar-refractivity contribution in [3.63, 3.8) is 0 Å². The number of nitrogen functional groups attached to an aromatic ring is 1. The van der Waals surface area contributed by atoms with Crippen LogP contribution in [0.15, 0.2) is 28.8 Å². The van der Waals surface area contributed by atoms with Gasteiger partial charge < -0.3 is 19.9 Å². The van der Waals surface area contributed by atoms with Gasteiger partial charge in [0.15, 0.2) is 6.10 Å². The lowest BCUT2D eigenvalue weighted by molar-refractivity contribution is -0.140. The first-order valence-electron chi connectivity index (χ1n) is 7.75. The molecule has 0 bridgehead atoms. The number of hydrogen-bond donors (Lipinski definition) is 1. The maximum Gasteiger partial charge on any atom is 0.346 e. The van der Waals surface area contributed by atoms with Crippen LogP contribution < -0.4 is 5.73 Å². The van der Waals surface area contributed by atoms with E-state index in [1.165, 1.54) is 5.56 Å². The predicted octanol–water partition coefficient (Wildman–Crippen LogP) is 1.70. The number of carbonyl (C=O) groups excluding carboxylic acids is 2. The third-order valence-corrected chi connectivity index (χ3v) is 4.17. The molecule has 2 aromatic rings. The van der Waals surface area contributed by atoms with Crippen molar-refractivity contribution in [3.05, 3.63) is 46.6 Å². The normalized spacial score (nSPS) is 14.8. The number of benzene rings is 1. The molecular formula is C17H19N3O4. The minimum atomic E-state index is -0.906. The summed E-state index contributed by atoms with van der Waals surface area (Å²) in [6, 6.07) is 8.02. The highest BCUT2D eigenvalue weighted by molar-refractivity contribution is 5.96. The second kappa shape index (κ2) is 6.35. The number of anilines is 1. The molecule has 3 rings (SSSR count). The molecule has 2 N–H and O–H groups in total. The lowest BCUT2D eigenvalue weighted by Gasteiger charge is -2.30. The van der Waals surface area contributed by atoms with Crippen LogP contribution in [0.25, 0.3) is 0 Å². The van der Waals surface area contributed by atoms with Gasteiger partial charge in [0.1, 0.15) is 5.56 Å². The van der Waals surface area contributed by atoms with Crippen LogP contribution in [0.2, 0.25) is 0 Å². The van der Waals surface area contributed by atoms with E-state index in [0.29, 0.717) is 18.8 Å². The highest BCUT2D eigenvalue weighted by Gasteiger charge is 2.29. The zero-order chi connectivity index (χ0) is 17.3. The minimum absolute atomic E-state index is 0.0682. The molecule has 0 spiro atoms. The molecule has 0 saturated heterocycles. The van der Waals surface area contributed by atoms with Crippen LogP contribution in [0.5, 0.6) is 0 Å². The number of amides is 1. The smallest absolute Gasteiger partial charge is 0.346 e. The third kappa shape index (κ3) is 2.97. The van der Waals surface area contributed by atoms with Gasteiger partial charge in [0.05, 0.1) is 5.69 Å². The van der Waals surface area contributed by atoms with Crippen molar-refractivity contribution in [2.45, 2.75) is 32.9 Å². The number of nitrogens with two attached hydrogens (primary N) is 1. The van der Waals surface area contributed by atoms with Crippen LogP contribution in [0.1, 0.15) is 34.1 Å². The number of fused-ring (bicyclic) bond motifs is 1. The van der Waals surface area contributed by atoms with Gasteiger partial charge in [0.25, 0.3) is 5.91 Å². The fourth-order valence-electron chi connectivity index (χ4n) is 2.85. The molecule has 7 heteroatoms. The fraction of sp³-hybridized carbons (Fsp3) is 0.353. The number of hydrogen-bond acceptors (Lipinski definition) is 6. The van der Waals surface area contributed by atoms with Crippen molar-refractivity contribution in [2.75, 3.05) is 12.3 Å². The lowest BCUT2D eigenvalue weighted by atomic mass is 9.99. The van der Waals surface area contributed by atoms with Gasteiger partial charge in [0.2, 0.25) is 5.88 Å². The monoisotopic (exact) mass is 329 g/mol. The van der Waals surface area contributed by atoms with Crippen molar-refractivity contribution in [1.29, 1.82) is 0 Å². The summed E-state index contributed by atoms with van der Waals surface area (Å²) in [5.41, 5.74) is 8.34. The standard InChI is InChI=1S/C17H19N3O4/c1-10-14(15(18)24-19-10)17(22)23-11(2)16(21)20-8-7-12-5-3-4-6-13(12)9-20/h3-6,11H,7-9,18H2,1-2H3. The molecule has 0 aliphatic carbocycles. The second-order valence-electron chi connectivity index (χ2n) is 5.83. The molecule has 126 valence electrons. The van der Waals surface area contributed by atoms with Gasteiger partial charge in [-0.05, 0) is 31.4 Å². The first-order chi connectivity index (χ1) is 11.5. The van der Waals surface area contributed by atoms with E-state index in [-0.39, 0.29) is 17.4 Å². The summed E-state index contributed by atoms with van der Waals surface area (Å²) in [7, 11) is 0. The van der Waals surface area contributed by atoms with Crippen molar-refractivity contribution < 1.29 is 18.8 Å². The number of aromatic nitrogens is 1. The fourth-order valence-corrected chi connectivity index (χ4v) is 2.85. The van der Waals surface area contributed by atoms with Gasteiger partial charge in [-0.15, -0.1) is 0 Å². The lowest BCUT2D eigenvalue weighted by Crippen LogP contribution is -2.42. The van der Waals surface area contributed by atoms with Gasteiger partial charge in [-0.25, -0.2) is 4.79 Å². The second-order valence-corrected chi connectivity index (χ2v) is 5.83. The van der Waals surface area contributed by atoms with Crippen molar-refractivity contribution in [1.82, 2.24) is 10.1 Å². The van der Waals surface area contributed by atoms with E-state index in [0.717, 1.165) is 12.0 Å². The number of ether oxygens (including phenoxy) is 1. The van der Waals surface area contributed by atoms with E-state index in [9.17, 15) is 9.59 Å². The largest absolute Gasteiger partial charge is 0.449 e. The molecule has 0 radical (unpaired) electrons. The van der Waals surface area contributed by atoms with Crippen molar-refractivity contribution >= 4 is 17.8 Å². The number of esters is 1. The molecule has 1 aromatic carbocycles. The van der Waals surface area contributed by atoms with Crippen LogP contribution in [0, 0.1) is 6.92 Å². The molecule has 0 saturated carbocycles. The summed E-state index contributed by atoms with van der Waals surface area (Å²) in [6.45, 7) is 4.27. The average molecular weight is 329 g/mol. The van der Waals surface area contributed by atoms with E-state index < -0.39 is 12.1 Å². The molecule has 24 heavy (non-hydrogen) atoms. The van der Waals surface area contributed by atoms with Crippen LogP contribution in [-0.4, -0.2) is 34.6 Å². The van der Waals surface area contributed by atoms with Gasteiger partial charge in [-0.1, -0.05) is 29.4 Å². The molecule has 1 aliphatic heterocycles. The van der Waals surface area contributed by atoms with E-state index in [1.54, 1.807) is 18.7 Å². The predicted molar refractivity (Wildman–Crippen MR) is 86.1 cm³/mol. The summed E-state index contributed by atoms with van der Waals surface area (Å²) < 4.78 is 9.99. The third-order valence-electron chi connectivity index (χ3n) is 4.17. The maximum atomic E-state index is 12.6. The summed E-state index contributed by atoms with van der Waals surface area (Å²) >= 11 is 0. The number of rotatable bonds is 3. The SMILES string of the molecule is Cc1noc(N)c1C(=O)OC(C)C(=O)N1CCc2ccccc2C1. The highest BCUT2D eigenvalue weighted by atomic mass is 16.5. The number of nitrogens with zero attached hydrogens (tertiary/aromatic N) is 2. The Balaban J connectivity index is 1.66. The molecule has 1 unspecified atom stereocenters. The van der Waals surface area contributed by atoms with E-state index >= 15 is 0 Å². The van der Waals surface area contributed by atoms with Crippen molar-refractivity contribution in [2.24, 2.45) is 0 Å². The molecule has 1 aromatic heterocycles. The van der Waals surface area contributed by atoms with E-state index in [2.05, 4.69) is 11.2 Å². The zero-order valence-electron chi connectivity index (χ0n) is 13.6. The van der Waals surface area contributed by atoms with Crippen molar-refractivity contribution in [3.8, 4) is 0 Å². The van der Waals surface area contributed by atoms with Crippen LogP contribution in [0.4, 0.5) is 5.88 Å². The Morgan fingerprint density at radius 3 is 2.71 bits per heavy atom. The van der Waals surface area contributed by atoms with Crippen LogP contribution in [0.3, 0.4) is 0 Å². The number of aryl methyl sites for hydroxylation is 1. The molecule has 1 amide bonds. The summed E-state index contributed by atoms with van der Waals surface area (Å²) in [5, 5.41) is 3.61. The van der Waals surface area contributed by atoms with Gasteiger partial charge in [-0.3, -0.25) is 4.79 Å². The minimum Gasteiger partial charge on any atom is -0.449 e. The Hall–Kier alpha value is -2.83. The molecule has 2 heterocycles. The number of carbonyl (C=O) groups is 2. The average Bonchev–Trinajstić information content (AvgIpc) is 2.92. The molecule has 0 fully saturated rings. The van der Waals surface area contributed by atoms with E-state index in [1.807, 2.05) is 18.2 Å². The first-order valence-corrected chi connectivity index (χ1v) is 7.75. The maximum absolute atomic E-state index is 12.6. The molecule has 1 aliphatic rings. The van der Waals surface area contributed by atoms with Crippen LogP contribution >= 0.6 is 0 Å². The Morgan fingerprint density at radius 2 is 2.04 bits per heavy atom. The summed E-state index contributed by atoms with van der Waals surface area (Å²) in [4.78, 5) is 26.4. The van der Waals surface area contributed by atoms with Gasteiger partial charge in [-0.2, -0.15) is 0 Å². The molecule has 1 atom stereocenters. The first kappa shape index (κ1) is 16.0. The highest BCUT2D eigenvalue weighted by Crippen LogP contribution is 2.21. The molecular weight excluding hydrogens is 310 g/mol. The summed E-state index contributed by atoms with van der Waals surface area (Å²) in [6.07, 6.45) is -0.114. The molecule has 7 nitrogen and oxygen atoms in total. The Kier molecular flexibility index (Phi) is 4.24.